The Labute approximate surface area is 96.7 Å². The maximum atomic E-state index is 5.72. The first-order valence-electron chi connectivity index (χ1n) is 5.63. The first-order chi connectivity index (χ1) is 7.70. The lowest BCUT2D eigenvalue weighted by Crippen LogP contribution is -2.48. The largest absolute Gasteiger partial charge is 0.490 e. The van der Waals surface area contributed by atoms with Crippen molar-refractivity contribution in [1.29, 1.82) is 0 Å². The molecule has 0 radical (unpaired) electrons. The van der Waals surface area contributed by atoms with Crippen LogP contribution in [0, 0.1) is 6.92 Å². The maximum Gasteiger partial charge on any atom is 0.137 e. The predicted octanol–water partition coefficient (Wildman–Crippen LogP) is 2.12. The van der Waals surface area contributed by atoms with E-state index >= 15 is 0 Å². The van der Waals surface area contributed by atoms with Crippen LogP contribution in [0.1, 0.15) is 17.7 Å². The molecule has 86 valence electrons. The molecule has 0 saturated carbocycles. The molecule has 1 aromatic heterocycles. The van der Waals surface area contributed by atoms with E-state index in [1.54, 1.807) is 12.3 Å². The third-order valence-electron chi connectivity index (χ3n) is 3.17. The minimum Gasteiger partial charge on any atom is -0.490 e. The molecular formula is C13H18N2O. The summed E-state index contributed by atoms with van der Waals surface area (Å²) in [7, 11) is 2.13. The third-order valence-corrected chi connectivity index (χ3v) is 3.17. The van der Waals surface area contributed by atoms with Crippen LogP contribution < -0.4 is 4.74 Å². The lowest BCUT2D eigenvalue weighted by molar-refractivity contribution is 0.0767. The van der Waals surface area contributed by atoms with Gasteiger partial charge in [0.1, 0.15) is 12.4 Å². The molecule has 1 unspecified atom stereocenters. The van der Waals surface area contributed by atoms with Gasteiger partial charge in [0.05, 0.1) is 11.9 Å². The molecule has 16 heavy (non-hydrogen) atoms. The second kappa shape index (κ2) is 4.66. The summed E-state index contributed by atoms with van der Waals surface area (Å²) >= 11 is 0. The number of hydrogen-bond acceptors (Lipinski definition) is 3. The van der Waals surface area contributed by atoms with Crippen LogP contribution in [0.5, 0.6) is 5.75 Å². The molecule has 0 N–H and O–H groups in total. The average Bonchev–Trinajstić information content (AvgIpc) is 2.27. The molecule has 1 aliphatic heterocycles. The van der Waals surface area contributed by atoms with E-state index in [4.69, 9.17) is 4.74 Å². The van der Waals surface area contributed by atoms with Gasteiger partial charge in [0, 0.05) is 6.04 Å². The number of rotatable bonds is 4. The Bertz CT molecular complexity index is 390. The SMILES string of the molecule is C=Cc1ncc(OCC2CCN2C)cc1C. The first kappa shape index (κ1) is 11.1. The quantitative estimate of drug-likeness (QED) is 0.774. The van der Waals surface area contributed by atoms with E-state index in [0.29, 0.717) is 6.04 Å². The molecule has 0 amide bonds. The number of aromatic nitrogens is 1. The Kier molecular flexibility index (Phi) is 3.25. The number of pyridine rings is 1. The van der Waals surface area contributed by atoms with Crippen molar-refractivity contribution in [1.82, 2.24) is 9.88 Å². The normalized spacial score (nSPS) is 20.2. The van der Waals surface area contributed by atoms with Crippen molar-refractivity contribution >= 4 is 6.08 Å². The highest BCUT2D eigenvalue weighted by atomic mass is 16.5. The zero-order chi connectivity index (χ0) is 11.5. The summed E-state index contributed by atoms with van der Waals surface area (Å²) in [5.74, 6) is 0.850. The fraction of sp³-hybridized carbons (Fsp3) is 0.462. The van der Waals surface area contributed by atoms with Gasteiger partial charge in [-0.05, 0) is 44.6 Å². The fourth-order valence-electron chi connectivity index (χ4n) is 1.83. The summed E-state index contributed by atoms with van der Waals surface area (Å²) in [5.41, 5.74) is 2.03. The molecule has 1 fully saturated rings. The van der Waals surface area contributed by atoms with Crippen molar-refractivity contribution in [3.8, 4) is 5.75 Å². The first-order valence-corrected chi connectivity index (χ1v) is 5.63. The molecule has 1 aliphatic rings. The van der Waals surface area contributed by atoms with Crippen molar-refractivity contribution in [2.45, 2.75) is 19.4 Å². The maximum absolute atomic E-state index is 5.72. The number of likely N-dealkylation sites (N-methyl/N-ethyl adjacent to an activating group) is 1. The Balaban J connectivity index is 1.94. The zero-order valence-electron chi connectivity index (χ0n) is 9.94. The topological polar surface area (TPSA) is 25.4 Å². The summed E-state index contributed by atoms with van der Waals surface area (Å²) in [5, 5.41) is 0. The summed E-state index contributed by atoms with van der Waals surface area (Å²) in [6, 6.07) is 2.59. The third kappa shape index (κ3) is 2.25. The highest BCUT2D eigenvalue weighted by molar-refractivity contribution is 5.47. The van der Waals surface area contributed by atoms with Crippen LogP contribution in [0.15, 0.2) is 18.8 Å². The van der Waals surface area contributed by atoms with Crippen LogP contribution in [-0.4, -0.2) is 36.1 Å². The van der Waals surface area contributed by atoms with Gasteiger partial charge >= 0.3 is 0 Å². The molecule has 0 spiro atoms. The fourth-order valence-corrected chi connectivity index (χ4v) is 1.83. The summed E-state index contributed by atoms with van der Waals surface area (Å²) < 4.78 is 5.72. The molecule has 3 nitrogen and oxygen atoms in total. The van der Waals surface area contributed by atoms with E-state index in [2.05, 4.69) is 23.5 Å². The molecule has 2 rings (SSSR count). The van der Waals surface area contributed by atoms with Gasteiger partial charge in [0.25, 0.3) is 0 Å². The number of hydrogen-bond donors (Lipinski definition) is 0. The zero-order valence-corrected chi connectivity index (χ0v) is 9.94. The van der Waals surface area contributed by atoms with Gasteiger partial charge in [-0.25, -0.2) is 0 Å². The Morgan fingerprint density at radius 2 is 2.50 bits per heavy atom. The second-order valence-corrected chi connectivity index (χ2v) is 4.31. The van der Waals surface area contributed by atoms with Crippen molar-refractivity contribution in [3.05, 3.63) is 30.1 Å². The predicted molar refractivity (Wildman–Crippen MR) is 65.6 cm³/mol. The molecular weight excluding hydrogens is 200 g/mol. The van der Waals surface area contributed by atoms with Crippen LogP contribution in [0.3, 0.4) is 0 Å². The Morgan fingerprint density at radius 1 is 1.69 bits per heavy atom. The van der Waals surface area contributed by atoms with Gasteiger partial charge in [-0.2, -0.15) is 0 Å². The van der Waals surface area contributed by atoms with Gasteiger partial charge in [0.15, 0.2) is 0 Å². The molecule has 0 aromatic carbocycles. The van der Waals surface area contributed by atoms with Crippen molar-refractivity contribution in [2.24, 2.45) is 0 Å². The van der Waals surface area contributed by atoms with Crippen LogP contribution >= 0.6 is 0 Å². The van der Waals surface area contributed by atoms with Gasteiger partial charge < -0.3 is 4.74 Å². The van der Waals surface area contributed by atoms with E-state index in [-0.39, 0.29) is 0 Å². The van der Waals surface area contributed by atoms with Crippen LogP contribution in [0.2, 0.25) is 0 Å². The van der Waals surface area contributed by atoms with Gasteiger partial charge in [-0.1, -0.05) is 6.58 Å². The summed E-state index contributed by atoms with van der Waals surface area (Å²) in [6.07, 6.45) is 4.76. The van der Waals surface area contributed by atoms with Crippen LogP contribution in [-0.2, 0) is 0 Å². The number of aryl methyl sites for hydroxylation is 1. The number of ether oxygens (including phenoxy) is 1. The summed E-state index contributed by atoms with van der Waals surface area (Å²) in [4.78, 5) is 6.58. The number of likely N-dealkylation sites (tertiary alicyclic amines) is 1. The molecule has 1 atom stereocenters. The smallest absolute Gasteiger partial charge is 0.137 e. The monoisotopic (exact) mass is 218 g/mol. The molecule has 3 heteroatoms. The summed E-state index contributed by atoms with van der Waals surface area (Å²) in [6.45, 7) is 7.67. The lowest BCUT2D eigenvalue weighted by Gasteiger charge is -2.37. The molecule has 1 saturated heterocycles. The van der Waals surface area contributed by atoms with E-state index in [0.717, 1.165) is 23.6 Å². The minimum absolute atomic E-state index is 0.569. The van der Waals surface area contributed by atoms with Crippen molar-refractivity contribution < 1.29 is 4.74 Å². The average molecular weight is 218 g/mol. The highest BCUT2D eigenvalue weighted by Gasteiger charge is 2.24. The minimum atomic E-state index is 0.569. The Hall–Kier alpha value is -1.35. The Morgan fingerprint density at radius 3 is 3.00 bits per heavy atom. The van der Waals surface area contributed by atoms with Crippen LogP contribution in [0.4, 0.5) is 0 Å². The van der Waals surface area contributed by atoms with E-state index in [1.165, 1.54) is 13.0 Å². The molecule has 2 heterocycles. The van der Waals surface area contributed by atoms with E-state index < -0.39 is 0 Å². The highest BCUT2D eigenvalue weighted by Crippen LogP contribution is 2.18. The molecule has 1 aromatic rings. The second-order valence-electron chi connectivity index (χ2n) is 4.31. The number of nitrogens with zero attached hydrogens (tertiary/aromatic N) is 2. The molecule has 0 aliphatic carbocycles. The van der Waals surface area contributed by atoms with Gasteiger partial charge in [0.2, 0.25) is 0 Å². The molecule has 0 bridgehead atoms. The standard InChI is InChI=1S/C13H18N2O/c1-4-13-10(2)7-12(8-14-13)16-9-11-5-6-15(11)3/h4,7-8,11H,1,5-6,9H2,2-3H3. The lowest BCUT2D eigenvalue weighted by atomic mass is 10.1. The van der Waals surface area contributed by atoms with Gasteiger partial charge in [-0.15, -0.1) is 0 Å². The van der Waals surface area contributed by atoms with Crippen molar-refractivity contribution in [3.63, 3.8) is 0 Å². The van der Waals surface area contributed by atoms with Crippen LogP contribution in [0.25, 0.3) is 6.08 Å². The van der Waals surface area contributed by atoms with E-state index in [9.17, 15) is 0 Å². The van der Waals surface area contributed by atoms with Crippen molar-refractivity contribution in [2.75, 3.05) is 20.2 Å². The van der Waals surface area contributed by atoms with E-state index in [1.807, 2.05) is 13.0 Å². The van der Waals surface area contributed by atoms with Gasteiger partial charge in [-0.3, -0.25) is 9.88 Å².